The Balaban J connectivity index is 1.74. The SMILES string of the molecule is COCc1cc(Cl)cc(Cl)c1CNC(=O)C1COc2ncccc21. The molecule has 0 radical (unpaired) electrons. The molecule has 0 bridgehead atoms. The summed E-state index contributed by atoms with van der Waals surface area (Å²) >= 11 is 12.3. The third-order valence-corrected chi connectivity index (χ3v) is 4.43. The van der Waals surface area contributed by atoms with E-state index in [1.54, 1.807) is 31.5 Å². The van der Waals surface area contributed by atoms with Crippen LogP contribution in [-0.2, 0) is 22.7 Å². The van der Waals surface area contributed by atoms with Crippen LogP contribution in [0.3, 0.4) is 0 Å². The third kappa shape index (κ3) is 3.48. The Morgan fingerprint density at radius 3 is 3.08 bits per heavy atom. The lowest BCUT2D eigenvalue weighted by atomic mass is 10.0. The van der Waals surface area contributed by atoms with Crippen molar-refractivity contribution in [3.8, 4) is 5.88 Å². The molecule has 1 N–H and O–H groups in total. The van der Waals surface area contributed by atoms with Crippen LogP contribution in [0.15, 0.2) is 30.5 Å². The van der Waals surface area contributed by atoms with Gasteiger partial charge in [-0.25, -0.2) is 4.98 Å². The molecule has 1 aromatic heterocycles. The van der Waals surface area contributed by atoms with E-state index in [0.717, 1.165) is 16.7 Å². The predicted molar refractivity (Wildman–Crippen MR) is 91.5 cm³/mol. The van der Waals surface area contributed by atoms with Crippen molar-refractivity contribution in [2.24, 2.45) is 0 Å². The molecule has 1 aliphatic heterocycles. The van der Waals surface area contributed by atoms with Crippen LogP contribution >= 0.6 is 23.2 Å². The first kappa shape index (κ1) is 17.0. The molecule has 3 rings (SSSR count). The molecule has 0 fully saturated rings. The van der Waals surface area contributed by atoms with E-state index in [9.17, 15) is 4.79 Å². The second kappa shape index (κ2) is 7.38. The molecule has 1 aliphatic rings. The number of rotatable bonds is 5. The highest BCUT2D eigenvalue weighted by Gasteiger charge is 2.31. The number of benzene rings is 1. The van der Waals surface area contributed by atoms with Crippen molar-refractivity contribution >= 4 is 29.1 Å². The van der Waals surface area contributed by atoms with Gasteiger partial charge in [0.1, 0.15) is 12.5 Å². The van der Waals surface area contributed by atoms with Crippen LogP contribution in [0.5, 0.6) is 5.88 Å². The van der Waals surface area contributed by atoms with Crippen molar-refractivity contribution in [3.05, 3.63) is 57.2 Å². The van der Waals surface area contributed by atoms with Crippen LogP contribution < -0.4 is 10.1 Å². The molecule has 1 atom stereocenters. The van der Waals surface area contributed by atoms with Gasteiger partial charge in [0.05, 0.1) is 6.61 Å². The fourth-order valence-corrected chi connectivity index (χ4v) is 3.30. The summed E-state index contributed by atoms with van der Waals surface area (Å²) in [4.78, 5) is 16.6. The van der Waals surface area contributed by atoms with Gasteiger partial charge in [-0.15, -0.1) is 0 Å². The first-order chi connectivity index (χ1) is 11.6. The number of hydrogen-bond donors (Lipinski definition) is 1. The van der Waals surface area contributed by atoms with Gasteiger partial charge in [-0.3, -0.25) is 4.79 Å². The second-order valence-corrected chi connectivity index (χ2v) is 6.28. The zero-order chi connectivity index (χ0) is 17.1. The van der Waals surface area contributed by atoms with Crippen molar-refractivity contribution < 1.29 is 14.3 Å². The summed E-state index contributed by atoms with van der Waals surface area (Å²) in [5.74, 6) is 0.0176. The molecular weight excluding hydrogens is 351 g/mol. The normalized spacial score (nSPS) is 15.7. The van der Waals surface area contributed by atoms with E-state index < -0.39 is 0 Å². The van der Waals surface area contributed by atoms with E-state index in [4.69, 9.17) is 32.7 Å². The lowest BCUT2D eigenvalue weighted by Gasteiger charge is -2.14. The summed E-state index contributed by atoms with van der Waals surface area (Å²) in [5, 5.41) is 3.94. The maximum Gasteiger partial charge on any atom is 0.231 e. The minimum Gasteiger partial charge on any atom is -0.476 e. The molecule has 7 heteroatoms. The number of aromatic nitrogens is 1. The van der Waals surface area contributed by atoms with E-state index in [-0.39, 0.29) is 18.4 Å². The molecule has 2 aromatic rings. The number of fused-ring (bicyclic) bond motifs is 1. The van der Waals surface area contributed by atoms with Crippen molar-refractivity contribution in [2.75, 3.05) is 13.7 Å². The zero-order valence-corrected chi connectivity index (χ0v) is 14.5. The number of halogens is 2. The number of methoxy groups -OCH3 is 1. The van der Waals surface area contributed by atoms with Gasteiger partial charge in [-0.1, -0.05) is 29.3 Å². The molecule has 0 aliphatic carbocycles. The van der Waals surface area contributed by atoms with Crippen LogP contribution in [-0.4, -0.2) is 24.6 Å². The predicted octanol–water partition coefficient (Wildman–Crippen LogP) is 3.33. The second-order valence-electron chi connectivity index (χ2n) is 5.44. The summed E-state index contributed by atoms with van der Waals surface area (Å²) in [6, 6.07) is 7.09. The molecule has 1 unspecified atom stereocenters. The van der Waals surface area contributed by atoms with Crippen molar-refractivity contribution in [1.29, 1.82) is 0 Å². The van der Waals surface area contributed by atoms with Crippen LogP contribution in [0.25, 0.3) is 0 Å². The summed E-state index contributed by atoms with van der Waals surface area (Å²) < 4.78 is 10.6. The molecule has 24 heavy (non-hydrogen) atoms. The zero-order valence-electron chi connectivity index (χ0n) is 13.0. The quantitative estimate of drug-likeness (QED) is 0.881. The molecule has 1 amide bonds. The molecule has 0 saturated heterocycles. The van der Waals surface area contributed by atoms with Crippen molar-refractivity contribution in [1.82, 2.24) is 10.3 Å². The largest absolute Gasteiger partial charge is 0.476 e. The van der Waals surface area contributed by atoms with Gasteiger partial charge in [0, 0.05) is 35.5 Å². The van der Waals surface area contributed by atoms with Crippen LogP contribution in [0.4, 0.5) is 0 Å². The van der Waals surface area contributed by atoms with Gasteiger partial charge >= 0.3 is 0 Å². The number of carbonyl (C=O) groups is 1. The fourth-order valence-electron chi connectivity index (χ4n) is 2.70. The highest BCUT2D eigenvalue weighted by atomic mass is 35.5. The van der Waals surface area contributed by atoms with Gasteiger partial charge in [0.15, 0.2) is 0 Å². The van der Waals surface area contributed by atoms with E-state index in [1.165, 1.54) is 0 Å². The van der Waals surface area contributed by atoms with E-state index in [2.05, 4.69) is 10.3 Å². The molecule has 126 valence electrons. The molecule has 5 nitrogen and oxygen atoms in total. The average molecular weight is 367 g/mol. The van der Waals surface area contributed by atoms with Gasteiger partial charge in [0.25, 0.3) is 0 Å². The van der Waals surface area contributed by atoms with Gasteiger partial charge in [0.2, 0.25) is 11.8 Å². The third-order valence-electron chi connectivity index (χ3n) is 3.87. The lowest BCUT2D eigenvalue weighted by molar-refractivity contribution is -0.122. The molecule has 1 aromatic carbocycles. The van der Waals surface area contributed by atoms with Gasteiger partial charge < -0.3 is 14.8 Å². The molecule has 0 saturated carbocycles. The fraction of sp³-hybridized carbons (Fsp3) is 0.294. The summed E-state index contributed by atoms with van der Waals surface area (Å²) in [6.07, 6.45) is 1.64. The number of nitrogens with one attached hydrogen (secondary N) is 1. The van der Waals surface area contributed by atoms with Crippen LogP contribution in [0, 0.1) is 0 Å². The number of ether oxygens (including phenoxy) is 2. The topological polar surface area (TPSA) is 60.5 Å². The molecule has 0 spiro atoms. The highest BCUT2D eigenvalue weighted by Crippen LogP contribution is 2.32. The van der Waals surface area contributed by atoms with Crippen molar-refractivity contribution in [2.45, 2.75) is 19.1 Å². The lowest BCUT2D eigenvalue weighted by Crippen LogP contribution is -2.30. The van der Waals surface area contributed by atoms with Crippen LogP contribution in [0.2, 0.25) is 10.0 Å². The Morgan fingerprint density at radius 2 is 2.29 bits per heavy atom. The maximum absolute atomic E-state index is 12.5. The Bertz CT molecular complexity index is 767. The summed E-state index contributed by atoms with van der Waals surface area (Å²) in [5.41, 5.74) is 2.44. The minimum atomic E-state index is -0.370. The maximum atomic E-state index is 12.5. The van der Waals surface area contributed by atoms with Crippen molar-refractivity contribution in [3.63, 3.8) is 0 Å². The number of pyridine rings is 1. The van der Waals surface area contributed by atoms with E-state index >= 15 is 0 Å². The standard InChI is InChI=1S/C17H16Cl2N2O3/c1-23-8-10-5-11(18)6-15(19)13(10)7-21-16(22)14-9-24-17-12(14)3-2-4-20-17/h2-6,14H,7-9H2,1H3,(H,21,22). The highest BCUT2D eigenvalue weighted by molar-refractivity contribution is 6.35. The Morgan fingerprint density at radius 1 is 1.46 bits per heavy atom. The summed E-state index contributed by atoms with van der Waals surface area (Å²) in [7, 11) is 1.59. The van der Waals surface area contributed by atoms with E-state index in [1.807, 2.05) is 6.07 Å². The van der Waals surface area contributed by atoms with Gasteiger partial charge in [-0.2, -0.15) is 0 Å². The molecule has 2 heterocycles. The Kier molecular flexibility index (Phi) is 5.23. The van der Waals surface area contributed by atoms with E-state index in [0.29, 0.717) is 29.1 Å². The first-order valence-electron chi connectivity index (χ1n) is 7.41. The Labute approximate surface area is 149 Å². The smallest absolute Gasteiger partial charge is 0.231 e. The minimum absolute atomic E-state index is 0.129. The summed E-state index contributed by atoms with van der Waals surface area (Å²) in [6.45, 7) is 0.946. The number of carbonyl (C=O) groups excluding carboxylic acids is 1. The number of amides is 1. The van der Waals surface area contributed by atoms with Gasteiger partial charge in [-0.05, 0) is 29.3 Å². The van der Waals surface area contributed by atoms with Crippen LogP contribution in [0.1, 0.15) is 22.6 Å². The number of hydrogen-bond acceptors (Lipinski definition) is 4. The number of nitrogens with zero attached hydrogens (tertiary/aromatic N) is 1. The first-order valence-corrected chi connectivity index (χ1v) is 8.17. The average Bonchev–Trinajstić information content (AvgIpc) is 2.98. The monoisotopic (exact) mass is 366 g/mol. The Hall–Kier alpha value is -1.82. The molecular formula is C17H16Cl2N2O3.